The molecule has 0 radical (unpaired) electrons. The lowest BCUT2D eigenvalue weighted by molar-refractivity contribution is -0.140. The van der Waals surface area contributed by atoms with Crippen molar-refractivity contribution >= 4 is 11.9 Å². The van der Waals surface area contributed by atoms with Gasteiger partial charge < -0.3 is 19.9 Å². The van der Waals surface area contributed by atoms with Crippen molar-refractivity contribution in [3.8, 4) is 11.5 Å². The van der Waals surface area contributed by atoms with Crippen LogP contribution in [0.5, 0.6) is 11.5 Å². The molecule has 0 aromatic heterocycles. The van der Waals surface area contributed by atoms with Gasteiger partial charge in [-0.3, -0.25) is 9.59 Å². The summed E-state index contributed by atoms with van der Waals surface area (Å²) in [6.45, 7) is 0.436. The highest BCUT2D eigenvalue weighted by Crippen LogP contribution is 2.38. The van der Waals surface area contributed by atoms with Gasteiger partial charge in [0, 0.05) is 6.54 Å². The van der Waals surface area contributed by atoms with E-state index in [4.69, 9.17) is 14.6 Å². The van der Waals surface area contributed by atoms with Gasteiger partial charge in [-0.25, -0.2) is 0 Å². The number of carboxylic acid groups (broad SMARTS) is 1. The fourth-order valence-electron chi connectivity index (χ4n) is 2.29. The average Bonchev–Trinajstić information content (AvgIpc) is 3.27. The van der Waals surface area contributed by atoms with Crippen molar-refractivity contribution in [3.05, 3.63) is 23.8 Å². The minimum absolute atomic E-state index is 0.190. The van der Waals surface area contributed by atoms with E-state index in [-0.39, 0.29) is 11.8 Å². The lowest BCUT2D eigenvalue weighted by Crippen LogP contribution is -2.28. The van der Waals surface area contributed by atoms with Gasteiger partial charge >= 0.3 is 5.97 Å². The van der Waals surface area contributed by atoms with E-state index in [9.17, 15) is 9.59 Å². The Morgan fingerprint density at radius 1 is 1.29 bits per heavy atom. The molecule has 1 fully saturated rings. The Morgan fingerprint density at radius 3 is 2.62 bits per heavy atom. The highest BCUT2D eigenvalue weighted by molar-refractivity contribution is 5.89. The van der Waals surface area contributed by atoms with Crippen LogP contribution in [0.4, 0.5) is 0 Å². The van der Waals surface area contributed by atoms with E-state index in [2.05, 4.69) is 5.32 Å². The quantitative estimate of drug-likeness (QED) is 0.786. The van der Waals surface area contributed by atoms with Gasteiger partial charge in [0.1, 0.15) is 11.5 Å². The molecule has 1 aliphatic carbocycles. The second-order valence-corrected chi connectivity index (χ2v) is 5.01. The summed E-state index contributed by atoms with van der Waals surface area (Å²) in [5.74, 6) is -0.523. The second kappa shape index (κ2) is 6.47. The van der Waals surface area contributed by atoms with Crippen LogP contribution < -0.4 is 14.8 Å². The van der Waals surface area contributed by atoms with E-state index in [1.54, 1.807) is 14.2 Å². The number of methoxy groups -OCH3 is 2. The molecule has 0 aliphatic heterocycles. The van der Waals surface area contributed by atoms with Gasteiger partial charge in [0.25, 0.3) is 0 Å². The van der Waals surface area contributed by atoms with Crippen LogP contribution in [-0.4, -0.2) is 37.7 Å². The topological polar surface area (TPSA) is 84.9 Å². The number of hydrogen-bond donors (Lipinski definition) is 2. The number of nitrogens with one attached hydrogen (secondary N) is 1. The van der Waals surface area contributed by atoms with E-state index >= 15 is 0 Å². The molecule has 1 aromatic carbocycles. The van der Waals surface area contributed by atoms with Gasteiger partial charge in [0.2, 0.25) is 5.91 Å². The van der Waals surface area contributed by atoms with Crippen LogP contribution in [0.15, 0.2) is 18.2 Å². The normalized spacial score (nSPS) is 19.7. The first-order valence-corrected chi connectivity index (χ1v) is 6.78. The zero-order chi connectivity index (χ0) is 15.4. The van der Waals surface area contributed by atoms with Gasteiger partial charge in [0.15, 0.2) is 0 Å². The zero-order valence-corrected chi connectivity index (χ0v) is 12.1. The first-order chi connectivity index (χ1) is 10.1. The number of amides is 1. The molecule has 0 heterocycles. The Kier molecular flexibility index (Phi) is 4.67. The number of hydrogen-bond acceptors (Lipinski definition) is 4. The minimum Gasteiger partial charge on any atom is -0.497 e. The summed E-state index contributed by atoms with van der Waals surface area (Å²) in [4.78, 5) is 22.5. The molecule has 114 valence electrons. The fraction of sp³-hybridized carbons (Fsp3) is 0.467. The highest BCUT2D eigenvalue weighted by Gasteiger charge is 2.48. The van der Waals surface area contributed by atoms with Crippen LogP contribution >= 0.6 is 0 Å². The number of carbonyl (C=O) groups is 2. The first kappa shape index (κ1) is 15.2. The second-order valence-electron chi connectivity index (χ2n) is 5.01. The van der Waals surface area contributed by atoms with Gasteiger partial charge in [-0.15, -0.1) is 0 Å². The van der Waals surface area contributed by atoms with E-state index in [0.29, 0.717) is 19.4 Å². The Hall–Kier alpha value is -2.24. The van der Waals surface area contributed by atoms with Crippen molar-refractivity contribution in [2.75, 3.05) is 20.8 Å². The summed E-state index contributed by atoms with van der Waals surface area (Å²) < 4.78 is 10.4. The number of carbonyl (C=O) groups excluding carboxylic acids is 1. The van der Waals surface area contributed by atoms with Gasteiger partial charge in [0.05, 0.1) is 26.1 Å². The van der Waals surface area contributed by atoms with E-state index < -0.39 is 11.9 Å². The highest BCUT2D eigenvalue weighted by atomic mass is 16.5. The third kappa shape index (κ3) is 3.65. The maximum atomic E-state index is 11.8. The Labute approximate surface area is 123 Å². The number of rotatable bonds is 7. The molecular formula is C15H19NO5. The molecule has 6 heteroatoms. The number of carboxylic acids is 1. The predicted octanol–water partition coefficient (Wildman–Crippen LogP) is 1.08. The Balaban J connectivity index is 1.86. The van der Waals surface area contributed by atoms with Crippen molar-refractivity contribution < 1.29 is 24.2 Å². The molecule has 1 aromatic rings. The third-order valence-corrected chi connectivity index (χ3v) is 3.63. The Bertz CT molecular complexity index is 543. The van der Waals surface area contributed by atoms with Crippen LogP contribution in [0, 0.1) is 11.8 Å². The van der Waals surface area contributed by atoms with Crippen LogP contribution in [0.3, 0.4) is 0 Å². The largest absolute Gasteiger partial charge is 0.497 e. The lowest BCUT2D eigenvalue weighted by atomic mass is 10.1. The smallest absolute Gasteiger partial charge is 0.307 e. The molecule has 2 rings (SSSR count). The molecule has 1 saturated carbocycles. The Morgan fingerprint density at radius 2 is 2.05 bits per heavy atom. The third-order valence-electron chi connectivity index (χ3n) is 3.63. The molecule has 0 bridgehead atoms. The zero-order valence-electron chi connectivity index (χ0n) is 12.1. The summed E-state index contributed by atoms with van der Waals surface area (Å²) in [6.07, 6.45) is 1.03. The molecule has 1 aliphatic rings. The van der Waals surface area contributed by atoms with Gasteiger partial charge in [-0.05, 0) is 36.6 Å². The molecule has 0 saturated heterocycles. The molecule has 2 unspecified atom stereocenters. The number of aliphatic carboxylic acids is 1. The summed E-state index contributed by atoms with van der Waals surface area (Å²) in [5.41, 5.74) is 0.933. The van der Waals surface area contributed by atoms with Crippen LogP contribution in [-0.2, 0) is 16.0 Å². The fourth-order valence-corrected chi connectivity index (χ4v) is 2.29. The predicted molar refractivity (Wildman–Crippen MR) is 75.5 cm³/mol. The van der Waals surface area contributed by atoms with E-state index in [1.807, 2.05) is 18.2 Å². The number of benzene rings is 1. The first-order valence-electron chi connectivity index (χ1n) is 6.78. The molecule has 2 N–H and O–H groups in total. The van der Waals surface area contributed by atoms with E-state index in [0.717, 1.165) is 17.1 Å². The van der Waals surface area contributed by atoms with Crippen LogP contribution in [0.1, 0.15) is 12.0 Å². The van der Waals surface area contributed by atoms with Gasteiger partial charge in [-0.2, -0.15) is 0 Å². The SMILES string of the molecule is COc1ccc(OC)c(CCNC(=O)C2CC2C(=O)O)c1. The standard InChI is InChI=1S/C15H19NO5/c1-20-10-3-4-13(21-2)9(7-10)5-6-16-14(17)11-8-12(11)15(18)19/h3-4,7,11-12H,5-6,8H2,1-2H3,(H,16,17)(H,18,19). The monoisotopic (exact) mass is 293 g/mol. The van der Waals surface area contributed by atoms with Gasteiger partial charge in [-0.1, -0.05) is 0 Å². The van der Waals surface area contributed by atoms with Crippen molar-refractivity contribution in [1.29, 1.82) is 0 Å². The van der Waals surface area contributed by atoms with Crippen LogP contribution in [0.2, 0.25) is 0 Å². The van der Waals surface area contributed by atoms with Crippen LogP contribution in [0.25, 0.3) is 0 Å². The minimum atomic E-state index is -0.899. The van der Waals surface area contributed by atoms with Crippen molar-refractivity contribution in [2.45, 2.75) is 12.8 Å². The summed E-state index contributed by atoms with van der Waals surface area (Å²) >= 11 is 0. The molecule has 1 amide bonds. The summed E-state index contributed by atoms with van der Waals surface area (Å²) in [7, 11) is 3.18. The maximum Gasteiger partial charge on any atom is 0.307 e. The molecule has 6 nitrogen and oxygen atoms in total. The lowest BCUT2D eigenvalue weighted by Gasteiger charge is -2.11. The summed E-state index contributed by atoms with van der Waals surface area (Å²) in [6, 6.07) is 5.49. The van der Waals surface area contributed by atoms with Crippen molar-refractivity contribution in [1.82, 2.24) is 5.32 Å². The molecule has 0 spiro atoms. The van der Waals surface area contributed by atoms with E-state index in [1.165, 1.54) is 0 Å². The summed E-state index contributed by atoms with van der Waals surface area (Å²) in [5, 5.41) is 11.6. The number of ether oxygens (including phenoxy) is 2. The van der Waals surface area contributed by atoms with Crippen molar-refractivity contribution in [2.24, 2.45) is 11.8 Å². The molecule has 2 atom stereocenters. The average molecular weight is 293 g/mol. The molecular weight excluding hydrogens is 274 g/mol. The molecule has 21 heavy (non-hydrogen) atoms. The maximum absolute atomic E-state index is 11.8. The van der Waals surface area contributed by atoms with Crippen molar-refractivity contribution in [3.63, 3.8) is 0 Å².